The van der Waals surface area contributed by atoms with Crippen molar-refractivity contribution < 1.29 is 17.9 Å². The molecule has 2 fully saturated rings. The molecule has 8 heteroatoms. The van der Waals surface area contributed by atoms with Crippen LogP contribution in [-0.4, -0.2) is 57.5 Å². The maximum atomic E-state index is 12.3. The van der Waals surface area contributed by atoms with Crippen LogP contribution in [-0.2, 0) is 19.7 Å². The molecule has 2 unspecified atom stereocenters. The minimum absolute atomic E-state index is 0.268. The predicted molar refractivity (Wildman–Crippen MR) is 74.3 cm³/mol. The second kappa shape index (κ2) is 6.84. The van der Waals surface area contributed by atoms with Crippen LogP contribution in [0, 0.1) is 5.92 Å². The Morgan fingerprint density at radius 1 is 1.45 bits per heavy atom. The zero-order chi connectivity index (χ0) is 14.6. The Morgan fingerprint density at radius 2 is 2.25 bits per heavy atom. The van der Waals surface area contributed by atoms with Crippen LogP contribution in [0.1, 0.15) is 26.2 Å². The van der Waals surface area contributed by atoms with Gasteiger partial charge in [-0.15, -0.1) is 0 Å². The molecular formula is C12H23N3O4S. The third kappa shape index (κ3) is 3.69. The maximum absolute atomic E-state index is 12.3. The van der Waals surface area contributed by atoms with Crippen molar-refractivity contribution in [1.82, 2.24) is 14.3 Å². The molecule has 2 atom stereocenters. The fourth-order valence-electron chi connectivity index (χ4n) is 2.70. The molecule has 0 saturated carbocycles. The van der Waals surface area contributed by atoms with Crippen LogP contribution in [0.15, 0.2) is 0 Å². The zero-order valence-electron chi connectivity index (χ0n) is 11.8. The van der Waals surface area contributed by atoms with Crippen LogP contribution in [0.25, 0.3) is 0 Å². The van der Waals surface area contributed by atoms with Crippen molar-refractivity contribution in [2.45, 2.75) is 32.2 Å². The van der Waals surface area contributed by atoms with Crippen molar-refractivity contribution in [2.24, 2.45) is 5.92 Å². The van der Waals surface area contributed by atoms with Gasteiger partial charge < -0.3 is 10.1 Å². The molecule has 2 aliphatic rings. The van der Waals surface area contributed by atoms with Gasteiger partial charge in [-0.1, -0.05) is 0 Å². The van der Waals surface area contributed by atoms with Gasteiger partial charge in [0.2, 0.25) is 0 Å². The Kier molecular flexibility index (Phi) is 5.36. The molecule has 0 bridgehead atoms. The van der Waals surface area contributed by atoms with Crippen LogP contribution in [0.4, 0.5) is 0 Å². The normalized spacial score (nSPS) is 27.9. The molecule has 2 aliphatic heterocycles. The molecule has 116 valence electrons. The molecule has 2 rings (SSSR count). The van der Waals surface area contributed by atoms with Crippen molar-refractivity contribution >= 4 is 16.2 Å². The summed E-state index contributed by atoms with van der Waals surface area (Å²) in [5.74, 6) is -0.119. The maximum Gasteiger partial charge on any atom is 0.324 e. The van der Waals surface area contributed by atoms with Crippen LogP contribution < -0.4 is 10.0 Å². The molecule has 2 N–H and O–H groups in total. The number of rotatable bonds is 6. The largest absolute Gasteiger partial charge is 0.465 e. The highest BCUT2D eigenvalue weighted by Crippen LogP contribution is 2.21. The number of hydrogen-bond donors (Lipinski definition) is 2. The molecule has 2 saturated heterocycles. The second-order valence-corrected chi connectivity index (χ2v) is 6.94. The Labute approximate surface area is 120 Å². The summed E-state index contributed by atoms with van der Waals surface area (Å²) in [6.07, 6.45) is 2.20. The average molecular weight is 305 g/mol. The first kappa shape index (κ1) is 15.7. The molecule has 0 aromatic carbocycles. The highest BCUT2D eigenvalue weighted by atomic mass is 32.2. The fraction of sp³-hybridized carbons (Fsp3) is 0.917. The molecule has 0 aliphatic carbocycles. The van der Waals surface area contributed by atoms with E-state index in [0.29, 0.717) is 31.8 Å². The highest BCUT2D eigenvalue weighted by molar-refractivity contribution is 7.87. The van der Waals surface area contributed by atoms with E-state index in [4.69, 9.17) is 4.74 Å². The predicted octanol–water partition coefficient (Wildman–Crippen LogP) is -0.542. The Morgan fingerprint density at radius 3 is 2.90 bits per heavy atom. The van der Waals surface area contributed by atoms with Crippen LogP contribution in [0.5, 0.6) is 0 Å². The molecular weight excluding hydrogens is 282 g/mol. The second-order valence-electron chi connectivity index (χ2n) is 5.23. The molecule has 7 nitrogen and oxygen atoms in total. The van der Waals surface area contributed by atoms with Crippen LogP contribution in [0.3, 0.4) is 0 Å². The standard InChI is InChI=1S/C12H23N3O4S/c1-2-19-12(16)11-4-3-7-15(11)20(17,18)14-9-10-5-6-13-8-10/h10-11,13-14H,2-9H2,1H3. The lowest BCUT2D eigenvalue weighted by Crippen LogP contribution is -2.48. The number of carbonyl (C=O) groups excluding carboxylic acids is 1. The first-order valence-electron chi connectivity index (χ1n) is 7.18. The monoisotopic (exact) mass is 305 g/mol. The summed E-state index contributed by atoms with van der Waals surface area (Å²) in [5, 5.41) is 3.20. The molecule has 0 aromatic rings. The van der Waals surface area contributed by atoms with E-state index in [1.165, 1.54) is 4.31 Å². The third-order valence-corrected chi connectivity index (χ3v) is 5.37. The van der Waals surface area contributed by atoms with Gasteiger partial charge in [-0.2, -0.15) is 12.7 Å². The SMILES string of the molecule is CCOC(=O)C1CCCN1S(=O)(=O)NCC1CCNC1. The highest BCUT2D eigenvalue weighted by Gasteiger charge is 2.39. The van der Waals surface area contributed by atoms with E-state index >= 15 is 0 Å². The topological polar surface area (TPSA) is 87.7 Å². The van der Waals surface area contributed by atoms with E-state index in [1.54, 1.807) is 6.92 Å². The van der Waals surface area contributed by atoms with Gasteiger partial charge in [-0.05, 0) is 45.2 Å². The number of carbonyl (C=O) groups is 1. The summed E-state index contributed by atoms with van der Waals surface area (Å²) >= 11 is 0. The summed E-state index contributed by atoms with van der Waals surface area (Å²) in [6.45, 7) is 4.55. The van der Waals surface area contributed by atoms with Gasteiger partial charge in [0, 0.05) is 13.1 Å². The first-order valence-corrected chi connectivity index (χ1v) is 8.62. The molecule has 0 amide bonds. The van der Waals surface area contributed by atoms with E-state index in [0.717, 1.165) is 19.5 Å². The lowest BCUT2D eigenvalue weighted by atomic mass is 10.1. The van der Waals surface area contributed by atoms with Gasteiger partial charge in [0.05, 0.1) is 6.61 Å². The third-order valence-electron chi connectivity index (χ3n) is 3.79. The molecule has 0 aromatic heterocycles. The number of hydrogen-bond acceptors (Lipinski definition) is 5. The molecule has 0 radical (unpaired) electrons. The minimum atomic E-state index is -3.61. The van der Waals surface area contributed by atoms with Gasteiger partial charge in [-0.25, -0.2) is 4.72 Å². The van der Waals surface area contributed by atoms with Gasteiger partial charge in [0.25, 0.3) is 10.2 Å². The van der Waals surface area contributed by atoms with E-state index in [2.05, 4.69) is 10.0 Å². The van der Waals surface area contributed by atoms with Gasteiger partial charge in [0.15, 0.2) is 0 Å². The number of nitrogens with one attached hydrogen (secondary N) is 2. The molecule has 20 heavy (non-hydrogen) atoms. The van der Waals surface area contributed by atoms with E-state index in [1.807, 2.05) is 0 Å². The summed E-state index contributed by atoms with van der Waals surface area (Å²) < 4.78 is 33.4. The summed E-state index contributed by atoms with van der Waals surface area (Å²) in [5.41, 5.74) is 0. The van der Waals surface area contributed by atoms with E-state index < -0.39 is 22.2 Å². The van der Waals surface area contributed by atoms with Crippen molar-refractivity contribution in [2.75, 3.05) is 32.8 Å². The number of esters is 1. The summed E-state index contributed by atoms with van der Waals surface area (Å²) in [7, 11) is -3.61. The number of ether oxygens (including phenoxy) is 1. The quantitative estimate of drug-likeness (QED) is 0.643. The summed E-state index contributed by atoms with van der Waals surface area (Å²) in [6, 6.07) is -0.672. The zero-order valence-corrected chi connectivity index (χ0v) is 12.6. The van der Waals surface area contributed by atoms with Crippen molar-refractivity contribution in [3.8, 4) is 0 Å². The van der Waals surface area contributed by atoms with Gasteiger partial charge in [-0.3, -0.25) is 4.79 Å². The van der Waals surface area contributed by atoms with Crippen LogP contribution >= 0.6 is 0 Å². The Hall–Kier alpha value is -0.700. The van der Waals surface area contributed by atoms with Gasteiger partial charge >= 0.3 is 5.97 Å². The van der Waals surface area contributed by atoms with Crippen molar-refractivity contribution in [1.29, 1.82) is 0 Å². The lowest BCUT2D eigenvalue weighted by molar-refractivity contribution is -0.146. The number of nitrogens with zero attached hydrogens (tertiary/aromatic N) is 1. The molecule has 2 heterocycles. The minimum Gasteiger partial charge on any atom is -0.465 e. The van der Waals surface area contributed by atoms with Crippen molar-refractivity contribution in [3.63, 3.8) is 0 Å². The fourth-order valence-corrected chi connectivity index (χ4v) is 4.20. The van der Waals surface area contributed by atoms with Gasteiger partial charge in [0.1, 0.15) is 6.04 Å². The Balaban J connectivity index is 1.94. The van der Waals surface area contributed by atoms with Crippen LogP contribution in [0.2, 0.25) is 0 Å². The first-order chi connectivity index (χ1) is 9.54. The van der Waals surface area contributed by atoms with Crippen molar-refractivity contribution in [3.05, 3.63) is 0 Å². The molecule has 0 spiro atoms. The lowest BCUT2D eigenvalue weighted by Gasteiger charge is -2.23. The van der Waals surface area contributed by atoms with E-state index in [9.17, 15) is 13.2 Å². The van der Waals surface area contributed by atoms with E-state index in [-0.39, 0.29) is 6.61 Å². The summed E-state index contributed by atoms with van der Waals surface area (Å²) in [4.78, 5) is 11.8. The Bertz CT molecular complexity index is 434. The average Bonchev–Trinajstić information content (AvgIpc) is 3.08. The smallest absolute Gasteiger partial charge is 0.324 e.